The van der Waals surface area contributed by atoms with Crippen LogP contribution in [-0.4, -0.2) is 29.7 Å². The first kappa shape index (κ1) is 23.4. The Labute approximate surface area is 196 Å². The topological polar surface area (TPSA) is 84.7 Å². The molecule has 0 saturated heterocycles. The fourth-order valence-electron chi connectivity index (χ4n) is 3.19. The molecule has 0 atom stereocenters. The summed E-state index contributed by atoms with van der Waals surface area (Å²) in [7, 11) is 1.56. The minimum absolute atomic E-state index is 0.207. The summed E-state index contributed by atoms with van der Waals surface area (Å²) < 4.78 is 7.21. The van der Waals surface area contributed by atoms with E-state index in [1.54, 1.807) is 37.4 Å². The van der Waals surface area contributed by atoms with Crippen molar-refractivity contribution in [3.63, 3.8) is 0 Å². The second-order valence-corrected chi connectivity index (χ2v) is 7.83. The highest BCUT2D eigenvalue weighted by atomic mass is 35.5. The molecular formula is C23H22Cl2N4O3. The molecule has 3 aromatic rings. The number of ether oxygens (including phenoxy) is 1. The molecule has 2 amide bonds. The van der Waals surface area contributed by atoms with Crippen molar-refractivity contribution in [1.82, 2.24) is 15.3 Å². The molecular weight excluding hydrogens is 451 g/mol. The van der Waals surface area contributed by atoms with Gasteiger partial charge in [0.25, 0.3) is 0 Å². The number of carbonyl (C=O) groups excluding carboxylic acids is 2. The maximum absolute atomic E-state index is 12.0. The fourth-order valence-corrected chi connectivity index (χ4v) is 3.56. The summed E-state index contributed by atoms with van der Waals surface area (Å²) in [5, 5.41) is 7.56. The third-order valence-electron chi connectivity index (χ3n) is 4.81. The van der Waals surface area contributed by atoms with Gasteiger partial charge in [0.2, 0.25) is 0 Å². The molecule has 1 heterocycles. The van der Waals surface area contributed by atoms with E-state index in [4.69, 9.17) is 27.9 Å². The normalized spacial score (nSPS) is 10.9. The summed E-state index contributed by atoms with van der Waals surface area (Å²) in [6.07, 6.45) is 1.49. The van der Waals surface area contributed by atoms with Crippen molar-refractivity contribution >= 4 is 41.2 Å². The van der Waals surface area contributed by atoms with Gasteiger partial charge in [0.1, 0.15) is 5.75 Å². The Morgan fingerprint density at radius 2 is 1.78 bits per heavy atom. The van der Waals surface area contributed by atoms with Gasteiger partial charge in [-0.2, -0.15) is 5.10 Å². The van der Waals surface area contributed by atoms with Crippen LogP contribution < -0.4 is 15.5 Å². The van der Waals surface area contributed by atoms with E-state index in [-0.39, 0.29) is 6.54 Å². The zero-order chi connectivity index (χ0) is 23.3. The Kier molecular flexibility index (Phi) is 7.56. The second-order valence-electron chi connectivity index (χ2n) is 6.99. The molecule has 0 aliphatic heterocycles. The van der Waals surface area contributed by atoms with E-state index in [1.807, 2.05) is 36.6 Å². The Hall–Kier alpha value is -3.29. The Morgan fingerprint density at radius 3 is 2.44 bits per heavy atom. The molecule has 0 fully saturated rings. The first-order valence-electron chi connectivity index (χ1n) is 9.68. The van der Waals surface area contributed by atoms with E-state index in [0.29, 0.717) is 15.8 Å². The van der Waals surface area contributed by atoms with E-state index in [9.17, 15) is 9.59 Å². The lowest BCUT2D eigenvalue weighted by Crippen LogP contribution is -2.37. The molecule has 7 nitrogen and oxygen atoms in total. The Bertz CT molecular complexity index is 1170. The molecule has 3 rings (SSSR count). The first-order chi connectivity index (χ1) is 15.3. The molecule has 0 saturated carbocycles. The molecule has 0 bridgehead atoms. The number of nitrogens with one attached hydrogen (secondary N) is 2. The van der Waals surface area contributed by atoms with E-state index < -0.39 is 11.8 Å². The maximum atomic E-state index is 12.0. The number of halogens is 2. The second kappa shape index (κ2) is 10.3. The van der Waals surface area contributed by atoms with Gasteiger partial charge in [0.05, 0.1) is 18.3 Å². The number of rotatable bonds is 6. The van der Waals surface area contributed by atoms with Gasteiger partial charge in [-0.25, -0.2) is 5.43 Å². The SMILES string of the molecule is COc1ccc(-n2c(C)cc(/C=N\NC(=O)C(=O)NCc3ccc(Cl)cc3)c2C)cc1Cl. The highest BCUT2D eigenvalue weighted by Gasteiger charge is 2.14. The number of methoxy groups -OCH3 is 1. The van der Waals surface area contributed by atoms with E-state index >= 15 is 0 Å². The Morgan fingerprint density at radius 1 is 1.06 bits per heavy atom. The molecule has 9 heteroatoms. The van der Waals surface area contributed by atoms with Crippen LogP contribution in [0, 0.1) is 13.8 Å². The average Bonchev–Trinajstić information content (AvgIpc) is 3.05. The van der Waals surface area contributed by atoms with E-state index in [2.05, 4.69) is 15.8 Å². The number of benzene rings is 2. The number of aryl methyl sites for hydroxylation is 1. The Balaban J connectivity index is 1.63. The van der Waals surface area contributed by atoms with Crippen LogP contribution in [0.2, 0.25) is 10.0 Å². The van der Waals surface area contributed by atoms with Crippen molar-refractivity contribution in [3.05, 3.63) is 81.1 Å². The zero-order valence-electron chi connectivity index (χ0n) is 17.8. The molecule has 32 heavy (non-hydrogen) atoms. The fraction of sp³-hybridized carbons (Fsp3) is 0.174. The highest BCUT2D eigenvalue weighted by Crippen LogP contribution is 2.28. The zero-order valence-corrected chi connectivity index (χ0v) is 19.3. The summed E-state index contributed by atoms with van der Waals surface area (Å²) in [6, 6.07) is 14.4. The van der Waals surface area contributed by atoms with Gasteiger partial charge in [0.15, 0.2) is 0 Å². The van der Waals surface area contributed by atoms with Crippen LogP contribution in [-0.2, 0) is 16.1 Å². The minimum atomic E-state index is -0.856. The van der Waals surface area contributed by atoms with E-state index in [0.717, 1.165) is 28.2 Å². The molecule has 0 spiro atoms. The van der Waals surface area contributed by atoms with Crippen molar-refractivity contribution in [3.8, 4) is 11.4 Å². The van der Waals surface area contributed by atoms with Crippen LogP contribution in [0.5, 0.6) is 5.75 Å². The van der Waals surface area contributed by atoms with Gasteiger partial charge in [-0.3, -0.25) is 9.59 Å². The summed E-state index contributed by atoms with van der Waals surface area (Å²) in [6.45, 7) is 4.08. The lowest BCUT2D eigenvalue weighted by Gasteiger charge is -2.11. The van der Waals surface area contributed by atoms with Crippen molar-refractivity contribution in [1.29, 1.82) is 0 Å². The molecule has 0 unspecified atom stereocenters. The van der Waals surface area contributed by atoms with Crippen molar-refractivity contribution in [2.75, 3.05) is 7.11 Å². The largest absolute Gasteiger partial charge is 0.495 e. The molecule has 1 aromatic heterocycles. The number of hydrazone groups is 1. The summed E-state index contributed by atoms with van der Waals surface area (Å²) in [5.74, 6) is -1.04. The van der Waals surface area contributed by atoms with Crippen LogP contribution in [0.25, 0.3) is 5.69 Å². The van der Waals surface area contributed by atoms with Gasteiger partial charge in [-0.05, 0) is 55.8 Å². The quantitative estimate of drug-likeness (QED) is 0.320. The standard InChI is InChI=1S/C23H22Cl2N4O3/c1-14-10-17(15(2)29(14)19-8-9-21(32-3)20(25)11-19)13-27-28-23(31)22(30)26-12-16-4-6-18(24)7-5-16/h4-11,13H,12H2,1-3H3,(H,26,30)(H,28,31)/b27-13-. The molecule has 166 valence electrons. The monoisotopic (exact) mass is 472 g/mol. The molecule has 2 aromatic carbocycles. The van der Waals surface area contributed by atoms with Gasteiger partial charge in [0, 0.05) is 34.2 Å². The number of hydrogen-bond acceptors (Lipinski definition) is 4. The van der Waals surface area contributed by atoms with Crippen molar-refractivity contribution in [2.45, 2.75) is 20.4 Å². The van der Waals surface area contributed by atoms with Gasteiger partial charge >= 0.3 is 11.8 Å². The summed E-state index contributed by atoms with van der Waals surface area (Å²) >= 11 is 12.1. The predicted octanol–water partition coefficient (Wildman–Crippen LogP) is 4.18. The third kappa shape index (κ3) is 5.49. The average molecular weight is 473 g/mol. The molecule has 0 aliphatic carbocycles. The number of amides is 2. The van der Waals surface area contributed by atoms with Crippen LogP contribution >= 0.6 is 23.2 Å². The smallest absolute Gasteiger partial charge is 0.329 e. The third-order valence-corrected chi connectivity index (χ3v) is 5.35. The van der Waals surface area contributed by atoms with Crippen LogP contribution in [0.1, 0.15) is 22.5 Å². The summed E-state index contributed by atoms with van der Waals surface area (Å²) in [5.41, 5.74) is 6.58. The molecule has 2 N–H and O–H groups in total. The number of aromatic nitrogens is 1. The number of nitrogens with zero attached hydrogens (tertiary/aromatic N) is 2. The maximum Gasteiger partial charge on any atom is 0.329 e. The van der Waals surface area contributed by atoms with Gasteiger partial charge in [-0.1, -0.05) is 35.3 Å². The van der Waals surface area contributed by atoms with Gasteiger partial charge < -0.3 is 14.6 Å². The molecule has 0 aliphatic rings. The van der Waals surface area contributed by atoms with E-state index in [1.165, 1.54) is 6.21 Å². The molecule has 0 radical (unpaired) electrons. The van der Waals surface area contributed by atoms with Crippen LogP contribution in [0.4, 0.5) is 0 Å². The van der Waals surface area contributed by atoms with Crippen LogP contribution in [0.3, 0.4) is 0 Å². The van der Waals surface area contributed by atoms with Crippen LogP contribution in [0.15, 0.2) is 53.6 Å². The number of carbonyl (C=O) groups is 2. The van der Waals surface area contributed by atoms with Crippen molar-refractivity contribution < 1.29 is 14.3 Å². The van der Waals surface area contributed by atoms with Crippen molar-refractivity contribution in [2.24, 2.45) is 5.10 Å². The number of hydrogen-bond donors (Lipinski definition) is 2. The lowest BCUT2D eigenvalue weighted by atomic mass is 10.2. The predicted molar refractivity (Wildman–Crippen MR) is 126 cm³/mol. The van der Waals surface area contributed by atoms with Gasteiger partial charge in [-0.15, -0.1) is 0 Å². The first-order valence-corrected chi connectivity index (χ1v) is 10.4. The lowest BCUT2D eigenvalue weighted by molar-refractivity contribution is -0.139. The minimum Gasteiger partial charge on any atom is -0.495 e. The summed E-state index contributed by atoms with van der Waals surface area (Å²) in [4.78, 5) is 24.0. The highest BCUT2D eigenvalue weighted by molar-refractivity contribution is 6.35.